The van der Waals surface area contributed by atoms with Crippen molar-refractivity contribution in [3.8, 4) is 0 Å². The van der Waals surface area contributed by atoms with Crippen LogP contribution in [0, 0.1) is 0 Å². The van der Waals surface area contributed by atoms with Crippen LogP contribution < -0.4 is 0 Å². The number of benzene rings is 2. The molecule has 0 amide bonds. The standard InChI is InChI=1S/C9H10N2O.C9H8N2O/c2*1-6(12)9-10-7-4-2-3-5-8(7)11-9/h2-6,12H,1H3,(H,10,11);2-5H,1H3,(H,10,11). The number of aliphatic hydroxyl groups excluding tert-OH is 1. The average Bonchev–Trinajstić information content (AvgIpc) is 3.19. The second-order valence-electron chi connectivity index (χ2n) is 5.47. The molecule has 0 bridgehead atoms. The molecule has 6 heteroatoms. The minimum absolute atomic E-state index is 0.0359. The molecule has 0 aliphatic carbocycles. The maximum Gasteiger partial charge on any atom is 0.195 e. The van der Waals surface area contributed by atoms with Crippen LogP contribution in [0.5, 0.6) is 0 Å². The number of ketones is 1. The number of aromatic amines is 2. The molecule has 24 heavy (non-hydrogen) atoms. The molecule has 0 aliphatic heterocycles. The SMILES string of the molecule is CC(=O)c1nc2ccccc2[nH]1.CC(O)c1nc2ccccc2[nH]1. The molecule has 2 heterocycles. The Hall–Kier alpha value is -2.99. The summed E-state index contributed by atoms with van der Waals surface area (Å²) < 4.78 is 0. The van der Waals surface area contributed by atoms with Crippen molar-refractivity contribution in [2.75, 3.05) is 0 Å². The van der Waals surface area contributed by atoms with Crippen molar-refractivity contribution in [1.29, 1.82) is 0 Å². The first-order valence-electron chi connectivity index (χ1n) is 7.63. The van der Waals surface area contributed by atoms with Gasteiger partial charge in [0, 0.05) is 6.92 Å². The van der Waals surface area contributed by atoms with Crippen LogP contribution in [0.15, 0.2) is 48.5 Å². The van der Waals surface area contributed by atoms with Gasteiger partial charge in [-0.1, -0.05) is 24.3 Å². The molecule has 4 aromatic rings. The molecule has 0 radical (unpaired) electrons. The third-order valence-electron chi connectivity index (χ3n) is 3.53. The fourth-order valence-corrected chi connectivity index (χ4v) is 2.29. The summed E-state index contributed by atoms with van der Waals surface area (Å²) in [7, 11) is 0. The molecule has 1 unspecified atom stereocenters. The first kappa shape index (κ1) is 15.9. The van der Waals surface area contributed by atoms with Crippen LogP contribution in [0.3, 0.4) is 0 Å². The molecule has 0 fully saturated rings. The molecule has 122 valence electrons. The first-order chi connectivity index (χ1) is 11.5. The number of H-pyrrole nitrogens is 2. The predicted molar refractivity (Wildman–Crippen MR) is 92.8 cm³/mol. The van der Waals surface area contributed by atoms with Gasteiger partial charge in [0.25, 0.3) is 0 Å². The average molecular weight is 322 g/mol. The molecule has 0 aliphatic rings. The lowest BCUT2D eigenvalue weighted by Gasteiger charge is -1.95. The number of hydrogen-bond acceptors (Lipinski definition) is 4. The first-order valence-corrected chi connectivity index (χ1v) is 7.63. The number of aliphatic hydroxyl groups is 1. The molecule has 3 N–H and O–H groups in total. The van der Waals surface area contributed by atoms with Gasteiger partial charge in [0.2, 0.25) is 0 Å². The molecule has 0 spiro atoms. The number of para-hydroxylation sites is 4. The minimum atomic E-state index is -0.530. The second-order valence-corrected chi connectivity index (χ2v) is 5.47. The number of fused-ring (bicyclic) bond motifs is 2. The Balaban J connectivity index is 0.000000141. The predicted octanol–water partition coefficient (Wildman–Crippen LogP) is 3.38. The number of aromatic nitrogens is 4. The van der Waals surface area contributed by atoms with Gasteiger partial charge in [-0.2, -0.15) is 0 Å². The van der Waals surface area contributed by atoms with Crippen molar-refractivity contribution in [2.24, 2.45) is 0 Å². The monoisotopic (exact) mass is 322 g/mol. The molecular formula is C18H18N4O2. The molecule has 1 atom stereocenters. The van der Waals surface area contributed by atoms with E-state index in [0.717, 1.165) is 22.1 Å². The Morgan fingerprint density at radius 1 is 0.958 bits per heavy atom. The third-order valence-corrected chi connectivity index (χ3v) is 3.53. The summed E-state index contributed by atoms with van der Waals surface area (Å²) in [5.74, 6) is 1.01. The highest BCUT2D eigenvalue weighted by molar-refractivity contribution is 5.93. The van der Waals surface area contributed by atoms with Crippen molar-refractivity contribution >= 4 is 27.9 Å². The van der Waals surface area contributed by atoms with Gasteiger partial charge in [0.15, 0.2) is 11.6 Å². The Bertz CT molecular complexity index is 919. The highest BCUT2D eigenvalue weighted by Crippen LogP contribution is 2.14. The summed E-state index contributed by atoms with van der Waals surface area (Å²) >= 11 is 0. The van der Waals surface area contributed by atoms with E-state index >= 15 is 0 Å². The van der Waals surface area contributed by atoms with E-state index in [9.17, 15) is 9.90 Å². The van der Waals surface area contributed by atoms with Crippen LogP contribution in [-0.4, -0.2) is 30.8 Å². The maximum absolute atomic E-state index is 10.9. The number of imidazole rings is 2. The van der Waals surface area contributed by atoms with Crippen LogP contribution in [0.4, 0.5) is 0 Å². The number of Topliss-reactive ketones (excluding diaryl/α,β-unsaturated/α-hetero) is 1. The molecule has 0 saturated carbocycles. The van der Waals surface area contributed by atoms with Gasteiger partial charge in [-0.15, -0.1) is 0 Å². The number of nitrogens with zero attached hydrogens (tertiary/aromatic N) is 2. The van der Waals surface area contributed by atoms with Gasteiger partial charge in [-0.3, -0.25) is 4.79 Å². The van der Waals surface area contributed by atoms with E-state index < -0.39 is 6.10 Å². The van der Waals surface area contributed by atoms with E-state index in [1.54, 1.807) is 6.92 Å². The van der Waals surface area contributed by atoms with Gasteiger partial charge in [0.1, 0.15) is 11.9 Å². The summed E-state index contributed by atoms with van der Waals surface area (Å²) in [6.45, 7) is 3.19. The van der Waals surface area contributed by atoms with E-state index in [1.165, 1.54) is 6.92 Å². The topological polar surface area (TPSA) is 94.7 Å². The Kier molecular flexibility index (Phi) is 4.39. The minimum Gasteiger partial charge on any atom is -0.385 e. The zero-order valence-corrected chi connectivity index (χ0v) is 13.4. The summed E-state index contributed by atoms with van der Waals surface area (Å²) in [5.41, 5.74) is 3.60. The Morgan fingerprint density at radius 2 is 1.50 bits per heavy atom. The lowest BCUT2D eigenvalue weighted by atomic mass is 10.3. The van der Waals surface area contributed by atoms with Crippen molar-refractivity contribution < 1.29 is 9.90 Å². The van der Waals surface area contributed by atoms with E-state index in [1.807, 2.05) is 48.5 Å². The fourth-order valence-electron chi connectivity index (χ4n) is 2.29. The number of rotatable bonds is 2. The molecule has 2 aromatic carbocycles. The van der Waals surface area contributed by atoms with Crippen molar-refractivity contribution in [1.82, 2.24) is 19.9 Å². The van der Waals surface area contributed by atoms with E-state index in [-0.39, 0.29) is 5.78 Å². The van der Waals surface area contributed by atoms with E-state index in [4.69, 9.17) is 0 Å². The van der Waals surface area contributed by atoms with Gasteiger partial charge in [-0.25, -0.2) is 9.97 Å². The fraction of sp³-hybridized carbons (Fsp3) is 0.167. The number of hydrogen-bond donors (Lipinski definition) is 3. The quantitative estimate of drug-likeness (QED) is 0.493. The summed E-state index contributed by atoms with van der Waals surface area (Å²) in [6, 6.07) is 15.3. The van der Waals surface area contributed by atoms with Gasteiger partial charge in [-0.05, 0) is 31.2 Å². The van der Waals surface area contributed by atoms with Crippen molar-refractivity contribution in [2.45, 2.75) is 20.0 Å². The summed E-state index contributed by atoms with van der Waals surface area (Å²) in [5, 5.41) is 9.23. The highest BCUT2D eigenvalue weighted by atomic mass is 16.3. The molecule has 2 aromatic heterocycles. The maximum atomic E-state index is 10.9. The smallest absolute Gasteiger partial charge is 0.195 e. The lowest BCUT2D eigenvalue weighted by Crippen LogP contribution is -1.93. The normalized spacial score (nSPS) is 12.0. The van der Waals surface area contributed by atoms with Gasteiger partial charge < -0.3 is 15.1 Å². The van der Waals surface area contributed by atoms with Crippen molar-refractivity contribution in [3.05, 3.63) is 60.2 Å². The lowest BCUT2D eigenvalue weighted by molar-refractivity contribution is 0.100. The van der Waals surface area contributed by atoms with Gasteiger partial charge >= 0.3 is 0 Å². The van der Waals surface area contributed by atoms with Crippen LogP contribution in [0.25, 0.3) is 22.1 Å². The van der Waals surface area contributed by atoms with Gasteiger partial charge in [0.05, 0.1) is 22.1 Å². The zero-order valence-electron chi connectivity index (χ0n) is 13.4. The summed E-state index contributed by atoms with van der Waals surface area (Å²) in [4.78, 5) is 25.2. The third kappa shape index (κ3) is 3.33. The molecule has 6 nitrogen and oxygen atoms in total. The number of carbonyl (C=O) groups excluding carboxylic acids is 1. The van der Waals surface area contributed by atoms with Crippen LogP contribution >= 0.6 is 0 Å². The Morgan fingerprint density at radius 3 is 2.00 bits per heavy atom. The van der Waals surface area contributed by atoms with Crippen LogP contribution in [-0.2, 0) is 0 Å². The highest BCUT2D eigenvalue weighted by Gasteiger charge is 2.06. The van der Waals surface area contributed by atoms with Crippen LogP contribution in [0.1, 0.15) is 36.4 Å². The Labute approximate surface area is 138 Å². The van der Waals surface area contributed by atoms with Crippen molar-refractivity contribution in [3.63, 3.8) is 0 Å². The molecular weight excluding hydrogens is 304 g/mol. The van der Waals surface area contributed by atoms with E-state index in [2.05, 4.69) is 19.9 Å². The second kappa shape index (κ2) is 6.64. The number of carbonyl (C=O) groups is 1. The molecule has 0 saturated heterocycles. The molecule has 4 rings (SSSR count). The van der Waals surface area contributed by atoms with Crippen LogP contribution in [0.2, 0.25) is 0 Å². The largest absolute Gasteiger partial charge is 0.385 e. The van der Waals surface area contributed by atoms with E-state index in [0.29, 0.717) is 11.6 Å². The zero-order chi connectivity index (χ0) is 17.1. The number of nitrogens with one attached hydrogen (secondary N) is 2. The summed E-state index contributed by atoms with van der Waals surface area (Å²) in [6.07, 6.45) is -0.530.